The first-order valence-corrected chi connectivity index (χ1v) is 5.04. The quantitative estimate of drug-likeness (QED) is 0.639. The van der Waals surface area contributed by atoms with Gasteiger partial charge < -0.3 is 9.64 Å². The van der Waals surface area contributed by atoms with Crippen molar-refractivity contribution < 1.29 is 9.53 Å². The molecule has 0 saturated carbocycles. The van der Waals surface area contributed by atoms with Crippen LogP contribution >= 0.6 is 0 Å². The van der Waals surface area contributed by atoms with E-state index in [4.69, 9.17) is 10.00 Å². The number of nitriles is 1. The van der Waals surface area contributed by atoms with Crippen molar-refractivity contribution in [3.8, 4) is 6.07 Å². The van der Waals surface area contributed by atoms with Gasteiger partial charge in [0, 0.05) is 32.0 Å². The van der Waals surface area contributed by atoms with Crippen molar-refractivity contribution >= 4 is 5.91 Å². The first kappa shape index (κ1) is 9.47. The third-order valence-corrected chi connectivity index (χ3v) is 2.90. The van der Waals surface area contributed by atoms with E-state index in [0.717, 1.165) is 26.2 Å². The van der Waals surface area contributed by atoms with Crippen LogP contribution in [-0.2, 0) is 9.53 Å². The van der Waals surface area contributed by atoms with E-state index >= 15 is 0 Å². The number of ether oxygens (including phenoxy) is 1. The molecule has 0 spiro atoms. The van der Waals surface area contributed by atoms with Crippen molar-refractivity contribution in [2.75, 3.05) is 26.3 Å². The van der Waals surface area contributed by atoms with Crippen molar-refractivity contribution in [2.24, 2.45) is 11.8 Å². The van der Waals surface area contributed by atoms with Gasteiger partial charge in [0.05, 0.1) is 18.6 Å². The molecule has 0 N–H and O–H groups in total. The lowest BCUT2D eigenvalue weighted by Gasteiger charge is -2.18. The van der Waals surface area contributed by atoms with E-state index in [1.165, 1.54) is 0 Å². The molecule has 14 heavy (non-hydrogen) atoms. The Kier molecular flexibility index (Phi) is 2.69. The molecule has 0 aliphatic carbocycles. The minimum Gasteiger partial charge on any atom is -0.381 e. The van der Waals surface area contributed by atoms with E-state index in [1.54, 1.807) is 0 Å². The Morgan fingerprint density at radius 3 is 3.07 bits per heavy atom. The van der Waals surface area contributed by atoms with Crippen LogP contribution in [0.4, 0.5) is 0 Å². The van der Waals surface area contributed by atoms with Gasteiger partial charge in [-0.25, -0.2) is 0 Å². The highest BCUT2D eigenvalue weighted by Gasteiger charge is 2.31. The summed E-state index contributed by atoms with van der Waals surface area (Å²) < 4.78 is 5.25. The number of rotatable bonds is 2. The van der Waals surface area contributed by atoms with Gasteiger partial charge in [0.15, 0.2) is 0 Å². The lowest BCUT2D eigenvalue weighted by molar-refractivity contribution is -0.128. The molecule has 2 heterocycles. The number of likely N-dealkylation sites (tertiary alicyclic amines) is 1. The number of carbonyl (C=O) groups excluding carboxylic acids is 1. The Morgan fingerprint density at radius 1 is 1.64 bits per heavy atom. The van der Waals surface area contributed by atoms with E-state index < -0.39 is 0 Å². The number of hydrogen-bond acceptors (Lipinski definition) is 3. The molecule has 0 bridgehead atoms. The number of nitrogens with zero attached hydrogens (tertiary/aromatic N) is 2. The van der Waals surface area contributed by atoms with Gasteiger partial charge in [-0.2, -0.15) is 5.26 Å². The zero-order chi connectivity index (χ0) is 9.97. The molecule has 2 rings (SSSR count). The van der Waals surface area contributed by atoms with Gasteiger partial charge in [-0.1, -0.05) is 0 Å². The Morgan fingerprint density at radius 2 is 2.50 bits per heavy atom. The third kappa shape index (κ3) is 1.88. The first-order chi connectivity index (χ1) is 6.79. The molecule has 2 aliphatic heterocycles. The number of hydrogen-bond donors (Lipinski definition) is 0. The fourth-order valence-electron chi connectivity index (χ4n) is 2.07. The van der Waals surface area contributed by atoms with Crippen LogP contribution in [0.25, 0.3) is 0 Å². The van der Waals surface area contributed by atoms with Crippen molar-refractivity contribution in [3.05, 3.63) is 0 Å². The Labute approximate surface area is 83.4 Å². The van der Waals surface area contributed by atoms with Crippen LogP contribution in [-0.4, -0.2) is 37.1 Å². The van der Waals surface area contributed by atoms with Crippen LogP contribution in [0.15, 0.2) is 0 Å². The second kappa shape index (κ2) is 3.97. The summed E-state index contributed by atoms with van der Waals surface area (Å²) in [4.78, 5) is 13.3. The summed E-state index contributed by atoms with van der Waals surface area (Å²) in [5.41, 5.74) is 0. The molecule has 2 unspecified atom stereocenters. The smallest absolute Gasteiger partial charge is 0.224 e. The highest BCUT2D eigenvalue weighted by molar-refractivity contribution is 5.79. The summed E-state index contributed by atoms with van der Waals surface area (Å²) in [7, 11) is 0. The van der Waals surface area contributed by atoms with Gasteiger partial charge in [-0.3, -0.25) is 4.79 Å². The highest BCUT2D eigenvalue weighted by Crippen LogP contribution is 2.21. The average Bonchev–Trinajstić information content (AvgIpc) is 2.78. The van der Waals surface area contributed by atoms with E-state index in [9.17, 15) is 4.79 Å². The molecule has 4 nitrogen and oxygen atoms in total. The summed E-state index contributed by atoms with van der Waals surface area (Å²) in [5.74, 6) is 0.518. The van der Waals surface area contributed by atoms with Gasteiger partial charge >= 0.3 is 0 Å². The Bertz CT molecular complexity index is 266. The lowest BCUT2D eigenvalue weighted by atomic mass is 10.1. The summed E-state index contributed by atoms with van der Waals surface area (Å²) in [5, 5.41) is 8.71. The zero-order valence-electron chi connectivity index (χ0n) is 8.11. The number of amides is 1. The molecule has 2 aliphatic rings. The fraction of sp³-hybridized carbons (Fsp3) is 0.800. The molecule has 76 valence electrons. The molecular weight excluding hydrogens is 180 g/mol. The SMILES string of the molecule is N#CC1CC(=O)N(CC2CCOC2)C1. The molecule has 0 aromatic carbocycles. The molecule has 4 heteroatoms. The maximum absolute atomic E-state index is 11.5. The maximum atomic E-state index is 11.5. The van der Waals surface area contributed by atoms with Crippen LogP contribution in [0.1, 0.15) is 12.8 Å². The monoisotopic (exact) mass is 194 g/mol. The largest absolute Gasteiger partial charge is 0.381 e. The standard InChI is InChI=1S/C10H14N2O2/c11-4-9-3-10(13)12(6-9)5-8-1-2-14-7-8/h8-9H,1-3,5-7H2. The summed E-state index contributed by atoms with van der Waals surface area (Å²) in [6, 6.07) is 2.16. The van der Waals surface area contributed by atoms with Gasteiger partial charge in [-0.05, 0) is 6.42 Å². The Balaban J connectivity index is 1.86. The fourth-order valence-corrected chi connectivity index (χ4v) is 2.07. The van der Waals surface area contributed by atoms with Crippen LogP contribution in [0.3, 0.4) is 0 Å². The summed E-state index contributed by atoms with van der Waals surface area (Å²) >= 11 is 0. The molecule has 2 saturated heterocycles. The molecule has 0 radical (unpaired) electrons. The zero-order valence-corrected chi connectivity index (χ0v) is 8.11. The molecule has 0 aromatic heterocycles. The summed E-state index contributed by atoms with van der Waals surface area (Å²) in [6.45, 7) is 2.97. The van der Waals surface area contributed by atoms with Crippen LogP contribution in [0.2, 0.25) is 0 Å². The lowest BCUT2D eigenvalue weighted by Crippen LogP contribution is -2.31. The highest BCUT2D eigenvalue weighted by atomic mass is 16.5. The van der Waals surface area contributed by atoms with Crippen molar-refractivity contribution in [1.29, 1.82) is 5.26 Å². The van der Waals surface area contributed by atoms with E-state index in [1.807, 2.05) is 4.90 Å². The minimum absolute atomic E-state index is 0.0928. The predicted molar refractivity (Wildman–Crippen MR) is 49.2 cm³/mol. The third-order valence-electron chi connectivity index (χ3n) is 2.90. The second-order valence-electron chi connectivity index (χ2n) is 4.06. The normalized spacial score (nSPS) is 32.2. The van der Waals surface area contributed by atoms with Gasteiger partial charge in [0.25, 0.3) is 0 Å². The van der Waals surface area contributed by atoms with Crippen LogP contribution in [0.5, 0.6) is 0 Å². The number of carbonyl (C=O) groups is 1. The molecule has 2 atom stereocenters. The minimum atomic E-state index is -0.0928. The van der Waals surface area contributed by atoms with Gasteiger partial charge in [-0.15, -0.1) is 0 Å². The first-order valence-electron chi connectivity index (χ1n) is 5.04. The van der Waals surface area contributed by atoms with E-state index in [-0.39, 0.29) is 11.8 Å². The molecular formula is C10H14N2O2. The van der Waals surface area contributed by atoms with Crippen molar-refractivity contribution in [3.63, 3.8) is 0 Å². The Hall–Kier alpha value is -1.08. The van der Waals surface area contributed by atoms with Gasteiger partial charge in [0.1, 0.15) is 0 Å². The van der Waals surface area contributed by atoms with E-state index in [0.29, 0.717) is 18.9 Å². The molecule has 2 fully saturated rings. The predicted octanol–water partition coefficient (Wildman–Crippen LogP) is 0.395. The van der Waals surface area contributed by atoms with E-state index in [2.05, 4.69) is 6.07 Å². The second-order valence-corrected chi connectivity index (χ2v) is 4.06. The maximum Gasteiger partial charge on any atom is 0.224 e. The average molecular weight is 194 g/mol. The van der Waals surface area contributed by atoms with Crippen LogP contribution < -0.4 is 0 Å². The van der Waals surface area contributed by atoms with Gasteiger partial charge in [0.2, 0.25) is 5.91 Å². The molecule has 1 amide bonds. The topological polar surface area (TPSA) is 53.3 Å². The van der Waals surface area contributed by atoms with Crippen molar-refractivity contribution in [2.45, 2.75) is 12.8 Å². The van der Waals surface area contributed by atoms with Crippen LogP contribution in [0, 0.1) is 23.2 Å². The summed E-state index contributed by atoms with van der Waals surface area (Å²) in [6.07, 6.45) is 1.45. The molecule has 0 aromatic rings. The van der Waals surface area contributed by atoms with Crippen molar-refractivity contribution in [1.82, 2.24) is 4.90 Å².